The Morgan fingerprint density at radius 1 is 0.900 bits per heavy atom. The van der Waals surface area contributed by atoms with Crippen molar-refractivity contribution in [3.8, 4) is 5.75 Å². The van der Waals surface area contributed by atoms with Crippen molar-refractivity contribution in [3.63, 3.8) is 0 Å². The molecule has 0 bridgehead atoms. The third-order valence-electron chi connectivity index (χ3n) is 6.92. The molecule has 40 heavy (non-hydrogen) atoms. The summed E-state index contributed by atoms with van der Waals surface area (Å²) in [6, 6.07) is 9.03. The molecule has 12 nitrogen and oxygen atoms in total. The summed E-state index contributed by atoms with van der Waals surface area (Å²) in [5, 5.41) is 40.6. The van der Waals surface area contributed by atoms with E-state index in [1.54, 1.807) is 18.3 Å². The third-order valence-corrected chi connectivity index (χ3v) is 6.92. The largest absolute Gasteiger partial charge is 0.508 e. The summed E-state index contributed by atoms with van der Waals surface area (Å²) in [4.78, 5) is 54.2. The fraction of sp³-hybridized carbons (Fsp3) is 0.357. The number of carbonyl (C=O) groups is 4. The number of amides is 3. The number of aromatic nitrogens is 1. The molecule has 8 N–H and O–H groups in total. The summed E-state index contributed by atoms with van der Waals surface area (Å²) in [5.74, 6) is -3.20. The number of fused-ring (bicyclic) bond motifs is 1. The van der Waals surface area contributed by atoms with E-state index in [0.29, 0.717) is 24.1 Å². The van der Waals surface area contributed by atoms with Gasteiger partial charge >= 0.3 is 5.97 Å². The fourth-order valence-corrected chi connectivity index (χ4v) is 4.72. The van der Waals surface area contributed by atoms with Crippen LogP contribution in [0.5, 0.6) is 5.75 Å². The summed E-state index contributed by atoms with van der Waals surface area (Å²) in [6.45, 7) is -0.0137. The maximum Gasteiger partial charge on any atom is 0.326 e. The Bertz CT molecular complexity index is 1350. The van der Waals surface area contributed by atoms with Crippen molar-refractivity contribution in [2.24, 2.45) is 0 Å². The first-order chi connectivity index (χ1) is 19.2. The molecule has 0 saturated carbocycles. The zero-order chi connectivity index (χ0) is 28.6. The number of carboxylic acids is 1. The second-order valence-electron chi connectivity index (χ2n) is 9.79. The molecular formula is C28H33N5O7. The van der Waals surface area contributed by atoms with E-state index < -0.39 is 54.5 Å². The number of nitrogens with one attached hydrogen (secondary N) is 5. The molecule has 1 fully saturated rings. The van der Waals surface area contributed by atoms with E-state index >= 15 is 0 Å². The summed E-state index contributed by atoms with van der Waals surface area (Å²) in [6.07, 6.45) is 3.09. The number of para-hydroxylation sites is 1. The van der Waals surface area contributed by atoms with Crippen molar-refractivity contribution in [1.29, 1.82) is 0 Å². The van der Waals surface area contributed by atoms with E-state index in [-0.39, 0.29) is 18.6 Å². The Morgan fingerprint density at radius 2 is 1.60 bits per heavy atom. The topological polar surface area (TPSA) is 193 Å². The second kappa shape index (κ2) is 13.1. The summed E-state index contributed by atoms with van der Waals surface area (Å²) in [7, 11) is 0. The van der Waals surface area contributed by atoms with Crippen molar-refractivity contribution in [2.45, 2.75) is 49.9 Å². The molecule has 0 radical (unpaired) electrons. The Morgan fingerprint density at radius 3 is 2.27 bits per heavy atom. The van der Waals surface area contributed by atoms with Crippen molar-refractivity contribution < 1.29 is 34.5 Å². The maximum atomic E-state index is 13.4. The van der Waals surface area contributed by atoms with Crippen molar-refractivity contribution in [2.75, 3.05) is 13.2 Å². The van der Waals surface area contributed by atoms with Crippen LogP contribution in [0.4, 0.5) is 0 Å². The minimum atomic E-state index is -1.32. The Labute approximate surface area is 230 Å². The van der Waals surface area contributed by atoms with Crippen LogP contribution >= 0.6 is 0 Å². The number of H-pyrrole nitrogens is 1. The van der Waals surface area contributed by atoms with Crippen LogP contribution in [0.2, 0.25) is 0 Å². The van der Waals surface area contributed by atoms with Crippen LogP contribution in [0.1, 0.15) is 24.0 Å². The van der Waals surface area contributed by atoms with Gasteiger partial charge in [-0.1, -0.05) is 30.3 Å². The molecule has 1 aliphatic heterocycles. The van der Waals surface area contributed by atoms with Gasteiger partial charge in [-0.15, -0.1) is 0 Å². The number of hydrogen-bond acceptors (Lipinski definition) is 7. The van der Waals surface area contributed by atoms with Crippen molar-refractivity contribution in [3.05, 3.63) is 65.9 Å². The number of aromatic hydroxyl groups is 1. The Hall–Kier alpha value is -4.42. The van der Waals surface area contributed by atoms with E-state index in [0.717, 1.165) is 17.3 Å². The van der Waals surface area contributed by atoms with Crippen LogP contribution in [-0.2, 0) is 32.0 Å². The van der Waals surface area contributed by atoms with Gasteiger partial charge in [-0.3, -0.25) is 14.4 Å². The number of aromatic amines is 1. The van der Waals surface area contributed by atoms with Gasteiger partial charge in [0.25, 0.3) is 0 Å². The van der Waals surface area contributed by atoms with Crippen LogP contribution in [0, 0.1) is 0 Å². The van der Waals surface area contributed by atoms with Gasteiger partial charge in [-0.05, 0) is 48.7 Å². The molecule has 3 aromatic rings. The summed E-state index contributed by atoms with van der Waals surface area (Å²) in [5.41, 5.74) is 2.11. The van der Waals surface area contributed by atoms with Crippen LogP contribution in [0.25, 0.3) is 10.9 Å². The van der Waals surface area contributed by atoms with E-state index in [9.17, 15) is 34.5 Å². The third kappa shape index (κ3) is 7.16. The average molecular weight is 552 g/mol. The second-order valence-corrected chi connectivity index (χ2v) is 9.79. The molecule has 1 aliphatic rings. The molecule has 2 heterocycles. The van der Waals surface area contributed by atoms with Gasteiger partial charge in [-0.2, -0.15) is 0 Å². The fourth-order valence-electron chi connectivity index (χ4n) is 4.72. The quantitative estimate of drug-likeness (QED) is 0.153. The number of aliphatic hydroxyl groups excluding tert-OH is 1. The molecule has 1 aromatic heterocycles. The predicted molar refractivity (Wildman–Crippen MR) is 145 cm³/mol. The molecule has 212 valence electrons. The number of phenolic OH excluding ortho intramolecular Hbond substituents is 1. The minimum Gasteiger partial charge on any atom is -0.508 e. The van der Waals surface area contributed by atoms with Gasteiger partial charge in [0, 0.05) is 29.9 Å². The maximum absolute atomic E-state index is 13.4. The zero-order valence-corrected chi connectivity index (χ0v) is 21.7. The van der Waals surface area contributed by atoms with Crippen molar-refractivity contribution in [1.82, 2.24) is 26.3 Å². The monoisotopic (exact) mass is 551 g/mol. The average Bonchev–Trinajstić information content (AvgIpc) is 3.63. The van der Waals surface area contributed by atoms with E-state index in [2.05, 4.69) is 26.3 Å². The van der Waals surface area contributed by atoms with Gasteiger partial charge in [-0.25, -0.2) is 4.79 Å². The predicted octanol–water partition coefficient (Wildman–Crippen LogP) is -0.0580. The SMILES string of the molecule is O=C(O)C(Cc1ccc(O)cc1)NC(=O)C(Cc1c[nH]c2ccccc12)NC(=O)C(CO)NC(=O)C1CCCN1. The number of carbonyl (C=O) groups excluding carboxylic acids is 3. The number of aliphatic carboxylic acids is 1. The lowest BCUT2D eigenvalue weighted by Gasteiger charge is -2.24. The molecule has 4 rings (SSSR count). The molecule has 0 spiro atoms. The zero-order valence-electron chi connectivity index (χ0n) is 21.7. The molecule has 2 aromatic carbocycles. The van der Waals surface area contributed by atoms with E-state index in [1.807, 2.05) is 24.3 Å². The lowest BCUT2D eigenvalue weighted by atomic mass is 10.0. The highest BCUT2D eigenvalue weighted by molar-refractivity contribution is 5.95. The summed E-state index contributed by atoms with van der Waals surface area (Å²) >= 11 is 0. The number of aliphatic hydroxyl groups is 1. The molecule has 1 saturated heterocycles. The van der Waals surface area contributed by atoms with Crippen molar-refractivity contribution >= 4 is 34.6 Å². The molecule has 3 amide bonds. The molecule has 4 unspecified atom stereocenters. The lowest BCUT2D eigenvalue weighted by Crippen LogP contribution is -2.58. The van der Waals surface area contributed by atoms with Gasteiger partial charge in [0.2, 0.25) is 17.7 Å². The normalized spacial score (nSPS) is 17.1. The Kier molecular flexibility index (Phi) is 9.35. The number of rotatable bonds is 12. The van der Waals surface area contributed by atoms with Crippen LogP contribution in [0.15, 0.2) is 54.7 Å². The number of benzene rings is 2. The minimum absolute atomic E-state index is 0.0173. The Balaban J connectivity index is 1.52. The highest BCUT2D eigenvalue weighted by Gasteiger charge is 2.32. The number of hydrogen-bond donors (Lipinski definition) is 8. The first-order valence-corrected chi connectivity index (χ1v) is 13.1. The van der Waals surface area contributed by atoms with Gasteiger partial charge in [0.15, 0.2) is 0 Å². The van der Waals surface area contributed by atoms with Gasteiger partial charge < -0.3 is 41.6 Å². The molecular weight excluding hydrogens is 518 g/mol. The highest BCUT2D eigenvalue weighted by atomic mass is 16.4. The van der Waals surface area contributed by atoms with Crippen LogP contribution < -0.4 is 21.3 Å². The first kappa shape index (κ1) is 28.6. The highest BCUT2D eigenvalue weighted by Crippen LogP contribution is 2.19. The van der Waals surface area contributed by atoms with E-state index in [1.165, 1.54) is 12.1 Å². The first-order valence-electron chi connectivity index (χ1n) is 13.1. The molecule has 12 heteroatoms. The van der Waals surface area contributed by atoms with Crippen LogP contribution in [0.3, 0.4) is 0 Å². The van der Waals surface area contributed by atoms with Crippen LogP contribution in [-0.4, -0.2) is 81.3 Å². The number of phenols is 1. The lowest BCUT2D eigenvalue weighted by molar-refractivity contribution is -0.142. The van der Waals surface area contributed by atoms with Gasteiger partial charge in [0.1, 0.15) is 23.9 Å². The standard InChI is InChI=1S/C28H33N5O7/c34-15-24(33-25(36)21-6-3-11-29-21)27(38)31-22(13-17-14-30-20-5-2-1-4-19(17)20)26(37)32-23(28(39)40)12-16-7-9-18(35)10-8-16/h1-2,4-5,7-10,14,21-24,29-30,34-35H,3,6,11-13,15H2,(H,31,38)(H,32,37)(H,33,36)(H,39,40). The molecule has 0 aliphatic carbocycles. The smallest absolute Gasteiger partial charge is 0.326 e. The summed E-state index contributed by atoms with van der Waals surface area (Å²) < 4.78 is 0. The van der Waals surface area contributed by atoms with E-state index in [4.69, 9.17) is 0 Å². The van der Waals surface area contributed by atoms with Gasteiger partial charge in [0.05, 0.1) is 12.6 Å². The molecule has 4 atom stereocenters. The number of carboxylic acid groups (broad SMARTS) is 1.